The van der Waals surface area contributed by atoms with E-state index < -0.39 is 17.4 Å². The van der Waals surface area contributed by atoms with Gasteiger partial charge in [0.05, 0.1) is 5.69 Å². The van der Waals surface area contributed by atoms with Gasteiger partial charge in [0.25, 0.3) is 5.56 Å². The second-order valence-corrected chi connectivity index (χ2v) is 5.33. The fourth-order valence-corrected chi connectivity index (χ4v) is 2.30. The molecule has 6 nitrogen and oxygen atoms in total. The molecule has 0 aliphatic rings. The van der Waals surface area contributed by atoms with E-state index in [-0.39, 0.29) is 0 Å². The molecule has 1 aromatic heterocycles. The molecule has 1 atom stereocenters. The lowest BCUT2D eigenvalue weighted by Gasteiger charge is -2.12. The average molecular weight is 330 g/mol. The Bertz CT molecular complexity index is 930. The fraction of sp³-hybridized carbons (Fsp3) is 0.0625. The highest BCUT2D eigenvalue weighted by Crippen LogP contribution is 2.23. The number of nitrogens with zero attached hydrogens (tertiary/aromatic N) is 2. The highest BCUT2D eigenvalue weighted by Gasteiger charge is 2.11. The van der Waals surface area contributed by atoms with Crippen molar-refractivity contribution in [3.63, 3.8) is 0 Å². The second-order valence-electron chi connectivity index (χ2n) is 4.90. The monoisotopic (exact) mass is 329 g/mol. The standard InChI is InChI=1S/C16H12ClN3O3/c17-12-5-1-10(2-6-12)15(22)11-3-7-13(8-4-11)20-16(23)19-14(21)9-18-20/h1-9,15,22H,(H,19,21,23). The van der Waals surface area contributed by atoms with Crippen LogP contribution in [0.25, 0.3) is 5.69 Å². The quantitative estimate of drug-likeness (QED) is 0.765. The molecule has 116 valence electrons. The Labute approximate surface area is 135 Å². The van der Waals surface area contributed by atoms with Crippen molar-refractivity contribution in [2.24, 2.45) is 0 Å². The van der Waals surface area contributed by atoms with Crippen LogP contribution < -0.4 is 11.2 Å². The summed E-state index contributed by atoms with van der Waals surface area (Å²) in [7, 11) is 0. The molecule has 0 spiro atoms. The van der Waals surface area contributed by atoms with E-state index in [1.807, 2.05) is 0 Å². The summed E-state index contributed by atoms with van der Waals surface area (Å²) in [6.07, 6.45) is 0.222. The van der Waals surface area contributed by atoms with Crippen LogP contribution in [0.4, 0.5) is 0 Å². The first kappa shape index (κ1) is 15.2. The molecule has 2 N–H and O–H groups in total. The van der Waals surface area contributed by atoms with Crippen LogP contribution in [0, 0.1) is 0 Å². The van der Waals surface area contributed by atoms with Crippen molar-refractivity contribution in [1.29, 1.82) is 0 Å². The second kappa shape index (κ2) is 6.20. The normalized spacial score (nSPS) is 12.1. The van der Waals surface area contributed by atoms with Crippen molar-refractivity contribution in [3.05, 3.63) is 91.7 Å². The molecule has 3 aromatic rings. The minimum absolute atomic E-state index is 0.485. The lowest BCUT2D eigenvalue weighted by Crippen LogP contribution is -2.30. The van der Waals surface area contributed by atoms with Gasteiger partial charge in [0.1, 0.15) is 12.3 Å². The molecular weight excluding hydrogens is 318 g/mol. The molecule has 0 radical (unpaired) electrons. The van der Waals surface area contributed by atoms with Gasteiger partial charge < -0.3 is 5.11 Å². The molecule has 7 heteroatoms. The Hall–Kier alpha value is -2.70. The molecule has 1 unspecified atom stereocenters. The number of aromatic amines is 1. The summed E-state index contributed by atoms with van der Waals surface area (Å²) < 4.78 is 1.07. The first-order chi connectivity index (χ1) is 11.0. The Morgan fingerprint density at radius 2 is 1.57 bits per heavy atom. The average Bonchev–Trinajstić information content (AvgIpc) is 2.55. The predicted molar refractivity (Wildman–Crippen MR) is 86.0 cm³/mol. The van der Waals surface area contributed by atoms with E-state index in [4.69, 9.17) is 11.6 Å². The first-order valence-corrected chi connectivity index (χ1v) is 7.15. The van der Waals surface area contributed by atoms with Gasteiger partial charge in [-0.25, -0.2) is 4.79 Å². The predicted octanol–water partition coefficient (Wildman–Crippen LogP) is 1.66. The van der Waals surface area contributed by atoms with Gasteiger partial charge in [0.2, 0.25) is 0 Å². The Morgan fingerprint density at radius 3 is 2.13 bits per heavy atom. The molecule has 23 heavy (non-hydrogen) atoms. The summed E-state index contributed by atoms with van der Waals surface area (Å²) in [5.41, 5.74) is 0.679. The summed E-state index contributed by atoms with van der Waals surface area (Å²) in [5, 5.41) is 14.7. The van der Waals surface area contributed by atoms with Gasteiger partial charge >= 0.3 is 5.69 Å². The number of aliphatic hydroxyl groups excluding tert-OH is 1. The molecule has 0 fully saturated rings. The summed E-state index contributed by atoms with van der Waals surface area (Å²) in [4.78, 5) is 24.9. The number of aliphatic hydroxyl groups is 1. The lowest BCUT2D eigenvalue weighted by molar-refractivity contribution is 0.220. The van der Waals surface area contributed by atoms with Gasteiger partial charge in [0.15, 0.2) is 0 Å². The molecule has 0 saturated heterocycles. The number of H-pyrrole nitrogens is 1. The Balaban J connectivity index is 1.91. The number of halogens is 1. The third kappa shape index (κ3) is 3.23. The zero-order chi connectivity index (χ0) is 16.4. The van der Waals surface area contributed by atoms with E-state index in [1.165, 1.54) is 0 Å². The van der Waals surface area contributed by atoms with Crippen molar-refractivity contribution in [2.45, 2.75) is 6.10 Å². The van der Waals surface area contributed by atoms with Gasteiger partial charge in [-0.3, -0.25) is 9.78 Å². The van der Waals surface area contributed by atoms with Crippen LogP contribution in [0.5, 0.6) is 0 Å². The van der Waals surface area contributed by atoms with Gasteiger partial charge in [0, 0.05) is 5.02 Å². The molecule has 3 rings (SSSR count). The van der Waals surface area contributed by atoms with E-state index in [0.717, 1.165) is 10.9 Å². The molecule has 1 heterocycles. The van der Waals surface area contributed by atoms with E-state index in [0.29, 0.717) is 21.8 Å². The zero-order valence-electron chi connectivity index (χ0n) is 11.8. The van der Waals surface area contributed by atoms with E-state index in [2.05, 4.69) is 10.1 Å². The van der Waals surface area contributed by atoms with Crippen LogP contribution in [0.3, 0.4) is 0 Å². The minimum Gasteiger partial charge on any atom is -0.384 e. The Kier molecular flexibility index (Phi) is 4.10. The summed E-state index contributed by atoms with van der Waals surface area (Å²) in [6, 6.07) is 13.6. The highest BCUT2D eigenvalue weighted by molar-refractivity contribution is 6.30. The van der Waals surface area contributed by atoms with Crippen LogP contribution in [0.15, 0.2) is 64.3 Å². The van der Waals surface area contributed by atoms with Crippen molar-refractivity contribution >= 4 is 11.6 Å². The highest BCUT2D eigenvalue weighted by atomic mass is 35.5. The number of hydrogen-bond donors (Lipinski definition) is 2. The van der Waals surface area contributed by atoms with Gasteiger partial charge in [-0.15, -0.1) is 0 Å². The van der Waals surface area contributed by atoms with E-state index in [1.54, 1.807) is 48.5 Å². The van der Waals surface area contributed by atoms with Crippen LogP contribution in [0.1, 0.15) is 17.2 Å². The number of benzene rings is 2. The zero-order valence-corrected chi connectivity index (χ0v) is 12.6. The largest absolute Gasteiger partial charge is 0.384 e. The topological polar surface area (TPSA) is 88.0 Å². The summed E-state index contributed by atoms with van der Waals surface area (Å²) in [6.45, 7) is 0. The lowest BCUT2D eigenvalue weighted by atomic mass is 10.0. The maximum absolute atomic E-state index is 11.7. The Morgan fingerprint density at radius 1 is 1.00 bits per heavy atom. The van der Waals surface area contributed by atoms with Gasteiger partial charge in [-0.05, 0) is 35.4 Å². The van der Waals surface area contributed by atoms with Crippen LogP contribution in [-0.2, 0) is 0 Å². The minimum atomic E-state index is -0.804. The van der Waals surface area contributed by atoms with Crippen molar-refractivity contribution in [2.75, 3.05) is 0 Å². The number of rotatable bonds is 3. The van der Waals surface area contributed by atoms with E-state index in [9.17, 15) is 14.7 Å². The van der Waals surface area contributed by atoms with Crippen LogP contribution in [0.2, 0.25) is 5.02 Å². The summed E-state index contributed by atoms with van der Waals surface area (Å²) >= 11 is 5.83. The van der Waals surface area contributed by atoms with Crippen molar-refractivity contribution in [1.82, 2.24) is 14.8 Å². The van der Waals surface area contributed by atoms with Crippen molar-refractivity contribution in [3.8, 4) is 5.69 Å². The number of aromatic nitrogens is 3. The molecule has 0 aliphatic carbocycles. The number of nitrogens with one attached hydrogen (secondary N) is 1. The molecular formula is C16H12ClN3O3. The van der Waals surface area contributed by atoms with Crippen LogP contribution in [-0.4, -0.2) is 19.9 Å². The third-order valence-corrected chi connectivity index (χ3v) is 3.60. The van der Waals surface area contributed by atoms with Gasteiger partial charge in [-0.1, -0.05) is 35.9 Å². The molecule has 0 bridgehead atoms. The van der Waals surface area contributed by atoms with Crippen LogP contribution >= 0.6 is 11.6 Å². The maximum atomic E-state index is 11.7. The molecule has 0 saturated carbocycles. The summed E-state index contributed by atoms with van der Waals surface area (Å²) in [5.74, 6) is 0. The third-order valence-electron chi connectivity index (χ3n) is 3.35. The molecule has 0 aliphatic heterocycles. The molecule has 2 aromatic carbocycles. The molecule has 0 amide bonds. The smallest absolute Gasteiger partial charge is 0.349 e. The fourth-order valence-electron chi connectivity index (χ4n) is 2.17. The maximum Gasteiger partial charge on any atom is 0.349 e. The van der Waals surface area contributed by atoms with Crippen molar-refractivity contribution < 1.29 is 5.11 Å². The van der Waals surface area contributed by atoms with Gasteiger partial charge in [-0.2, -0.15) is 9.78 Å². The first-order valence-electron chi connectivity index (χ1n) is 6.77. The SMILES string of the molecule is O=c1cnn(-c2ccc(C(O)c3ccc(Cl)cc3)cc2)c(=O)[nH]1. The number of hydrogen-bond acceptors (Lipinski definition) is 4. The van der Waals surface area contributed by atoms with E-state index >= 15 is 0 Å².